The molecule has 24 heavy (non-hydrogen) atoms. The second-order valence-electron chi connectivity index (χ2n) is 5.86. The molecular weight excluding hydrogens is 307 g/mol. The summed E-state index contributed by atoms with van der Waals surface area (Å²) in [6.45, 7) is 3.64. The van der Waals surface area contributed by atoms with Crippen LogP contribution in [0.2, 0.25) is 0 Å². The van der Waals surface area contributed by atoms with Crippen molar-refractivity contribution in [1.29, 1.82) is 0 Å². The maximum Gasteiger partial charge on any atom is 0.226 e. The van der Waals surface area contributed by atoms with Crippen LogP contribution in [0.25, 0.3) is 0 Å². The van der Waals surface area contributed by atoms with Crippen molar-refractivity contribution in [2.24, 2.45) is 5.92 Å². The molecule has 0 radical (unpaired) electrons. The van der Waals surface area contributed by atoms with Gasteiger partial charge in [0.1, 0.15) is 5.82 Å². The summed E-state index contributed by atoms with van der Waals surface area (Å²) in [5.74, 6) is -0.632. The zero-order valence-electron chi connectivity index (χ0n) is 13.8. The Bertz CT molecular complexity index is 712. The molecule has 2 rings (SSSR count). The molecule has 2 aromatic rings. The van der Waals surface area contributed by atoms with Crippen molar-refractivity contribution in [2.75, 3.05) is 10.6 Å². The predicted octanol–water partition coefficient (Wildman–Crippen LogP) is 3.99. The van der Waals surface area contributed by atoms with Crippen molar-refractivity contribution in [3.8, 4) is 0 Å². The molecule has 0 aromatic heterocycles. The number of amides is 2. The number of hydrogen-bond donors (Lipinski definition) is 2. The summed E-state index contributed by atoms with van der Waals surface area (Å²) in [5, 5.41) is 5.54. The van der Waals surface area contributed by atoms with E-state index in [9.17, 15) is 14.0 Å². The SMILES string of the molecule is CC(C)C(=O)Nc1ccc(NC(=O)CCc2ccccc2F)cc1. The van der Waals surface area contributed by atoms with E-state index in [1.807, 2.05) is 13.8 Å². The van der Waals surface area contributed by atoms with E-state index in [1.165, 1.54) is 6.07 Å². The maximum atomic E-state index is 13.5. The van der Waals surface area contributed by atoms with Gasteiger partial charge in [-0.1, -0.05) is 32.0 Å². The molecule has 4 nitrogen and oxygen atoms in total. The molecule has 0 atom stereocenters. The summed E-state index contributed by atoms with van der Waals surface area (Å²) in [4.78, 5) is 23.6. The molecule has 0 aliphatic heterocycles. The maximum absolute atomic E-state index is 13.5. The second-order valence-corrected chi connectivity index (χ2v) is 5.86. The smallest absolute Gasteiger partial charge is 0.226 e. The zero-order valence-corrected chi connectivity index (χ0v) is 13.8. The van der Waals surface area contributed by atoms with Crippen molar-refractivity contribution >= 4 is 23.2 Å². The quantitative estimate of drug-likeness (QED) is 0.842. The monoisotopic (exact) mass is 328 g/mol. The Labute approximate surface area is 141 Å². The first-order chi connectivity index (χ1) is 11.5. The molecule has 126 valence electrons. The van der Waals surface area contributed by atoms with Gasteiger partial charge in [0, 0.05) is 23.7 Å². The van der Waals surface area contributed by atoms with Gasteiger partial charge in [0.05, 0.1) is 0 Å². The summed E-state index contributed by atoms with van der Waals surface area (Å²) in [7, 11) is 0. The normalized spacial score (nSPS) is 10.5. The molecule has 0 unspecified atom stereocenters. The lowest BCUT2D eigenvalue weighted by Gasteiger charge is -2.09. The van der Waals surface area contributed by atoms with Crippen molar-refractivity contribution in [3.63, 3.8) is 0 Å². The zero-order chi connectivity index (χ0) is 17.5. The molecule has 0 bridgehead atoms. The summed E-state index contributed by atoms with van der Waals surface area (Å²) >= 11 is 0. The topological polar surface area (TPSA) is 58.2 Å². The molecule has 2 aromatic carbocycles. The van der Waals surface area contributed by atoms with Gasteiger partial charge in [-0.2, -0.15) is 0 Å². The number of aryl methyl sites for hydroxylation is 1. The second kappa shape index (κ2) is 8.24. The molecule has 2 N–H and O–H groups in total. The molecular formula is C19H21FN2O2. The van der Waals surface area contributed by atoms with Gasteiger partial charge >= 0.3 is 0 Å². The standard InChI is InChI=1S/C19H21FN2O2/c1-13(2)19(24)22-16-10-8-15(9-11-16)21-18(23)12-7-14-5-3-4-6-17(14)20/h3-6,8-11,13H,7,12H2,1-2H3,(H,21,23)(H,22,24). The number of halogens is 1. The van der Waals surface area contributed by atoms with Crippen LogP contribution in [0.5, 0.6) is 0 Å². The van der Waals surface area contributed by atoms with Gasteiger partial charge in [0.25, 0.3) is 0 Å². The van der Waals surface area contributed by atoms with E-state index in [2.05, 4.69) is 10.6 Å². The van der Waals surface area contributed by atoms with Gasteiger partial charge in [-0.15, -0.1) is 0 Å². The van der Waals surface area contributed by atoms with Crippen LogP contribution < -0.4 is 10.6 Å². The average molecular weight is 328 g/mol. The fourth-order valence-corrected chi connectivity index (χ4v) is 2.10. The predicted molar refractivity (Wildman–Crippen MR) is 93.3 cm³/mol. The Kier molecular flexibility index (Phi) is 6.07. The summed E-state index contributed by atoms with van der Waals surface area (Å²) < 4.78 is 13.5. The van der Waals surface area contributed by atoms with E-state index in [0.29, 0.717) is 23.4 Å². The molecule has 0 saturated heterocycles. The van der Waals surface area contributed by atoms with Gasteiger partial charge in [-0.05, 0) is 42.3 Å². The van der Waals surface area contributed by atoms with E-state index in [4.69, 9.17) is 0 Å². The van der Waals surface area contributed by atoms with Crippen molar-refractivity contribution in [3.05, 3.63) is 59.9 Å². The van der Waals surface area contributed by atoms with Crippen LogP contribution in [0.4, 0.5) is 15.8 Å². The fraction of sp³-hybridized carbons (Fsp3) is 0.263. The van der Waals surface area contributed by atoms with Crippen LogP contribution in [-0.2, 0) is 16.0 Å². The molecule has 0 aliphatic rings. The van der Waals surface area contributed by atoms with Gasteiger partial charge in [0.15, 0.2) is 0 Å². The van der Waals surface area contributed by atoms with E-state index < -0.39 is 0 Å². The molecule has 0 heterocycles. The van der Waals surface area contributed by atoms with Gasteiger partial charge in [0.2, 0.25) is 11.8 Å². The number of rotatable bonds is 6. The summed E-state index contributed by atoms with van der Waals surface area (Å²) in [5.41, 5.74) is 1.84. The first-order valence-corrected chi connectivity index (χ1v) is 7.90. The first kappa shape index (κ1) is 17.7. The molecule has 2 amide bonds. The Morgan fingerprint density at radius 1 is 0.958 bits per heavy atom. The van der Waals surface area contributed by atoms with E-state index >= 15 is 0 Å². The highest BCUT2D eigenvalue weighted by atomic mass is 19.1. The fourth-order valence-electron chi connectivity index (χ4n) is 2.10. The number of carbonyl (C=O) groups excluding carboxylic acids is 2. The molecule has 0 spiro atoms. The highest BCUT2D eigenvalue weighted by Gasteiger charge is 2.08. The lowest BCUT2D eigenvalue weighted by atomic mass is 10.1. The van der Waals surface area contributed by atoms with Crippen LogP contribution in [0.1, 0.15) is 25.8 Å². The van der Waals surface area contributed by atoms with Crippen LogP contribution in [-0.4, -0.2) is 11.8 Å². The van der Waals surface area contributed by atoms with Crippen LogP contribution in [0.15, 0.2) is 48.5 Å². The molecule has 0 aliphatic carbocycles. The van der Waals surface area contributed by atoms with Crippen LogP contribution in [0.3, 0.4) is 0 Å². The number of anilines is 2. The highest BCUT2D eigenvalue weighted by molar-refractivity contribution is 5.93. The number of nitrogens with one attached hydrogen (secondary N) is 2. The third-order valence-corrected chi connectivity index (χ3v) is 3.54. The largest absolute Gasteiger partial charge is 0.326 e. The van der Waals surface area contributed by atoms with E-state index in [1.54, 1.807) is 42.5 Å². The Morgan fingerprint density at radius 2 is 1.54 bits per heavy atom. The summed E-state index contributed by atoms with van der Waals surface area (Å²) in [6.07, 6.45) is 0.549. The van der Waals surface area contributed by atoms with Crippen LogP contribution >= 0.6 is 0 Å². The summed E-state index contributed by atoms with van der Waals surface area (Å²) in [6, 6.07) is 13.3. The Morgan fingerprint density at radius 3 is 2.12 bits per heavy atom. The minimum absolute atomic E-state index is 0.0586. The Hall–Kier alpha value is -2.69. The van der Waals surface area contributed by atoms with Crippen LogP contribution in [0, 0.1) is 11.7 Å². The van der Waals surface area contributed by atoms with Crippen molar-refractivity contribution in [1.82, 2.24) is 0 Å². The van der Waals surface area contributed by atoms with Gasteiger partial charge in [-0.3, -0.25) is 9.59 Å². The molecule has 5 heteroatoms. The minimum Gasteiger partial charge on any atom is -0.326 e. The average Bonchev–Trinajstić information content (AvgIpc) is 2.56. The van der Waals surface area contributed by atoms with Gasteiger partial charge in [-0.25, -0.2) is 4.39 Å². The Balaban J connectivity index is 1.86. The first-order valence-electron chi connectivity index (χ1n) is 7.90. The molecule has 0 fully saturated rings. The van der Waals surface area contributed by atoms with Gasteiger partial charge < -0.3 is 10.6 Å². The third kappa shape index (κ3) is 5.19. The lowest BCUT2D eigenvalue weighted by molar-refractivity contribution is -0.119. The third-order valence-electron chi connectivity index (χ3n) is 3.54. The van der Waals surface area contributed by atoms with E-state index in [0.717, 1.165) is 0 Å². The van der Waals surface area contributed by atoms with E-state index in [-0.39, 0.29) is 30.0 Å². The number of benzene rings is 2. The highest BCUT2D eigenvalue weighted by Crippen LogP contribution is 2.15. The number of hydrogen-bond acceptors (Lipinski definition) is 2. The van der Waals surface area contributed by atoms with Crippen molar-refractivity contribution in [2.45, 2.75) is 26.7 Å². The molecule has 0 saturated carbocycles. The lowest BCUT2D eigenvalue weighted by Crippen LogP contribution is -2.17. The number of carbonyl (C=O) groups is 2. The minimum atomic E-state index is -0.296. The van der Waals surface area contributed by atoms with Crippen molar-refractivity contribution < 1.29 is 14.0 Å².